The summed E-state index contributed by atoms with van der Waals surface area (Å²) >= 11 is 15.0. The summed E-state index contributed by atoms with van der Waals surface area (Å²) in [5, 5.41) is 1.79. The van der Waals surface area contributed by atoms with Gasteiger partial charge in [0.1, 0.15) is 5.57 Å². The Labute approximate surface area is 192 Å². The van der Waals surface area contributed by atoms with Crippen molar-refractivity contribution in [2.75, 3.05) is 14.1 Å². The summed E-state index contributed by atoms with van der Waals surface area (Å²) in [7, 11) is 3.14. The normalized spacial score (nSPS) is 14.8. The van der Waals surface area contributed by atoms with Gasteiger partial charge in [-0.2, -0.15) is 0 Å². The fourth-order valence-corrected chi connectivity index (χ4v) is 4.21. The van der Waals surface area contributed by atoms with E-state index in [9.17, 15) is 9.59 Å². The van der Waals surface area contributed by atoms with Crippen molar-refractivity contribution in [1.82, 2.24) is 14.4 Å². The van der Waals surface area contributed by atoms with E-state index < -0.39 is 11.8 Å². The quantitative estimate of drug-likeness (QED) is 0.296. The Morgan fingerprint density at radius 2 is 1.73 bits per heavy atom. The SMILES string of the molecule is CN1C(=O)C(=Cc2cn(Cc3ccccc3Cl)c3ccc(Br)cc23)C(=O)N(C)C1=S. The highest BCUT2D eigenvalue weighted by molar-refractivity contribution is 9.10. The van der Waals surface area contributed by atoms with Gasteiger partial charge in [-0.25, -0.2) is 0 Å². The van der Waals surface area contributed by atoms with E-state index in [-0.39, 0.29) is 10.7 Å². The molecule has 0 bridgehead atoms. The van der Waals surface area contributed by atoms with E-state index in [2.05, 4.69) is 20.5 Å². The number of benzene rings is 2. The van der Waals surface area contributed by atoms with Gasteiger partial charge in [0.15, 0.2) is 5.11 Å². The Balaban J connectivity index is 1.85. The second-order valence-corrected chi connectivity index (χ2v) is 8.72. The molecule has 8 heteroatoms. The summed E-state index contributed by atoms with van der Waals surface area (Å²) in [4.78, 5) is 28.1. The summed E-state index contributed by atoms with van der Waals surface area (Å²) in [6.07, 6.45) is 3.57. The fraction of sp³-hybridized carbons (Fsp3) is 0.136. The van der Waals surface area contributed by atoms with Crippen LogP contribution in [0, 0.1) is 0 Å². The zero-order valence-corrected chi connectivity index (χ0v) is 19.4. The van der Waals surface area contributed by atoms with Gasteiger partial charge in [0.05, 0.1) is 0 Å². The highest BCUT2D eigenvalue weighted by Crippen LogP contribution is 2.30. The molecule has 0 atom stereocenters. The van der Waals surface area contributed by atoms with Crippen LogP contribution in [-0.2, 0) is 16.1 Å². The molecule has 1 aliphatic heterocycles. The summed E-state index contributed by atoms with van der Waals surface area (Å²) in [6.45, 7) is 0.562. The number of nitrogens with zero attached hydrogens (tertiary/aromatic N) is 3. The van der Waals surface area contributed by atoms with Crippen molar-refractivity contribution in [3.8, 4) is 0 Å². The summed E-state index contributed by atoms with van der Waals surface area (Å²) in [5.74, 6) is -0.824. The first-order valence-electron chi connectivity index (χ1n) is 9.11. The van der Waals surface area contributed by atoms with Crippen LogP contribution in [0.2, 0.25) is 5.02 Å². The van der Waals surface area contributed by atoms with Gasteiger partial charge in [0, 0.05) is 52.8 Å². The van der Waals surface area contributed by atoms with Crippen molar-refractivity contribution in [2.24, 2.45) is 0 Å². The molecular weight excluding hydrogens is 486 g/mol. The van der Waals surface area contributed by atoms with E-state index >= 15 is 0 Å². The highest BCUT2D eigenvalue weighted by Gasteiger charge is 2.35. The third-order valence-corrected chi connectivity index (χ3v) is 6.53. The van der Waals surface area contributed by atoms with Crippen molar-refractivity contribution in [1.29, 1.82) is 0 Å². The number of amides is 2. The predicted octanol–water partition coefficient (Wildman–Crippen LogP) is 4.70. The van der Waals surface area contributed by atoms with Gasteiger partial charge in [-0.3, -0.25) is 19.4 Å². The molecule has 5 nitrogen and oxygen atoms in total. The van der Waals surface area contributed by atoms with Crippen LogP contribution in [0.15, 0.2) is 58.7 Å². The molecule has 2 amide bonds. The number of hydrogen-bond donors (Lipinski definition) is 0. The first-order chi connectivity index (χ1) is 14.3. The summed E-state index contributed by atoms with van der Waals surface area (Å²) < 4.78 is 2.97. The number of aromatic nitrogens is 1. The van der Waals surface area contributed by atoms with Crippen LogP contribution in [0.4, 0.5) is 0 Å². The molecule has 1 saturated heterocycles. The molecule has 152 valence electrons. The molecule has 2 heterocycles. The molecule has 0 saturated carbocycles. The lowest BCUT2D eigenvalue weighted by Crippen LogP contribution is -2.52. The number of hydrogen-bond acceptors (Lipinski definition) is 3. The molecule has 30 heavy (non-hydrogen) atoms. The number of fused-ring (bicyclic) bond motifs is 1. The van der Waals surface area contributed by atoms with Crippen LogP contribution in [0.1, 0.15) is 11.1 Å². The van der Waals surface area contributed by atoms with Gasteiger partial charge < -0.3 is 4.57 Å². The minimum Gasteiger partial charge on any atom is -0.342 e. The number of likely N-dealkylation sites (N-methyl/N-ethyl adjacent to an activating group) is 2. The molecule has 1 fully saturated rings. The molecule has 0 spiro atoms. The minimum atomic E-state index is -0.412. The summed E-state index contributed by atoms with van der Waals surface area (Å²) in [6, 6.07) is 13.6. The highest BCUT2D eigenvalue weighted by atomic mass is 79.9. The average Bonchev–Trinajstić information content (AvgIpc) is 3.06. The van der Waals surface area contributed by atoms with Crippen molar-refractivity contribution in [2.45, 2.75) is 6.54 Å². The third-order valence-electron chi connectivity index (χ3n) is 5.12. The van der Waals surface area contributed by atoms with E-state index in [0.717, 1.165) is 26.5 Å². The monoisotopic (exact) mass is 501 g/mol. The smallest absolute Gasteiger partial charge is 0.265 e. The van der Waals surface area contributed by atoms with Crippen LogP contribution in [0.5, 0.6) is 0 Å². The van der Waals surface area contributed by atoms with Crippen LogP contribution in [0.3, 0.4) is 0 Å². The maximum atomic E-state index is 12.7. The molecule has 0 unspecified atom stereocenters. The largest absolute Gasteiger partial charge is 0.342 e. The molecule has 1 aromatic heterocycles. The van der Waals surface area contributed by atoms with Gasteiger partial charge in [-0.05, 0) is 48.1 Å². The average molecular weight is 503 g/mol. The van der Waals surface area contributed by atoms with E-state index in [1.807, 2.05) is 48.7 Å². The van der Waals surface area contributed by atoms with Crippen LogP contribution in [-0.4, -0.2) is 45.4 Å². The van der Waals surface area contributed by atoms with Crippen LogP contribution >= 0.6 is 39.7 Å². The zero-order chi connectivity index (χ0) is 21.6. The van der Waals surface area contributed by atoms with E-state index in [0.29, 0.717) is 11.6 Å². The molecule has 4 rings (SSSR count). The van der Waals surface area contributed by atoms with Crippen molar-refractivity contribution < 1.29 is 9.59 Å². The Hall–Kier alpha value is -2.48. The standard InChI is InChI=1S/C22H17BrClN3O2S/c1-25-20(28)17(21(29)26(2)22(25)30)9-14-12-27(11-13-5-3-4-6-18(13)24)19-8-7-15(23)10-16(14)19/h3-10,12H,11H2,1-2H3. The van der Waals surface area contributed by atoms with Gasteiger partial charge in [0.2, 0.25) is 0 Å². The number of carbonyl (C=O) groups is 2. The minimum absolute atomic E-state index is 0.0744. The van der Waals surface area contributed by atoms with Gasteiger partial charge in [-0.1, -0.05) is 45.7 Å². The van der Waals surface area contributed by atoms with Crippen molar-refractivity contribution >= 4 is 73.7 Å². The number of thiocarbonyl (C=S) groups is 1. The second kappa shape index (κ2) is 7.98. The van der Waals surface area contributed by atoms with Crippen LogP contribution < -0.4 is 0 Å². The Morgan fingerprint density at radius 1 is 1.07 bits per heavy atom. The van der Waals surface area contributed by atoms with Gasteiger partial charge in [-0.15, -0.1) is 0 Å². The van der Waals surface area contributed by atoms with Gasteiger partial charge >= 0.3 is 0 Å². The van der Waals surface area contributed by atoms with E-state index in [1.54, 1.807) is 20.2 Å². The Kier molecular flexibility index (Phi) is 5.53. The molecule has 2 aromatic carbocycles. The lowest BCUT2D eigenvalue weighted by atomic mass is 10.1. The maximum absolute atomic E-state index is 12.7. The Bertz CT molecular complexity index is 1220. The van der Waals surface area contributed by atoms with E-state index in [1.165, 1.54) is 9.80 Å². The molecule has 1 aliphatic rings. The molecule has 0 N–H and O–H groups in total. The van der Waals surface area contributed by atoms with E-state index in [4.69, 9.17) is 23.8 Å². The lowest BCUT2D eigenvalue weighted by molar-refractivity contribution is -0.132. The first-order valence-corrected chi connectivity index (χ1v) is 10.7. The fourth-order valence-electron chi connectivity index (χ4n) is 3.48. The third kappa shape index (κ3) is 3.57. The van der Waals surface area contributed by atoms with Crippen LogP contribution in [0.25, 0.3) is 17.0 Å². The molecule has 0 radical (unpaired) electrons. The summed E-state index contributed by atoms with van der Waals surface area (Å²) in [5.41, 5.74) is 2.79. The second-order valence-electron chi connectivity index (χ2n) is 7.03. The number of halogens is 2. The molecule has 0 aliphatic carbocycles. The van der Waals surface area contributed by atoms with Crippen molar-refractivity contribution in [3.05, 3.63) is 74.9 Å². The topological polar surface area (TPSA) is 45.6 Å². The number of carbonyl (C=O) groups excluding carboxylic acids is 2. The lowest BCUT2D eigenvalue weighted by Gasteiger charge is -2.31. The molecule has 3 aromatic rings. The first kappa shape index (κ1) is 20.8. The van der Waals surface area contributed by atoms with Crippen molar-refractivity contribution in [3.63, 3.8) is 0 Å². The number of rotatable bonds is 3. The Morgan fingerprint density at radius 3 is 2.40 bits per heavy atom. The predicted molar refractivity (Wildman–Crippen MR) is 126 cm³/mol. The molecular formula is C22H17BrClN3O2S. The van der Waals surface area contributed by atoms with Gasteiger partial charge in [0.25, 0.3) is 11.8 Å². The maximum Gasteiger partial charge on any atom is 0.265 e. The zero-order valence-electron chi connectivity index (χ0n) is 16.2.